The Balaban J connectivity index is 1.93. The van der Waals surface area contributed by atoms with E-state index in [0.29, 0.717) is 5.92 Å². The van der Waals surface area contributed by atoms with Gasteiger partial charge < -0.3 is 5.32 Å². The van der Waals surface area contributed by atoms with Crippen LogP contribution in [0, 0.1) is 5.92 Å². The van der Waals surface area contributed by atoms with Gasteiger partial charge in [0.1, 0.15) is 0 Å². The second-order valence-corrected chi connectivity index (χ2v) is 5.31. The van der Waals surface area contributed by atoms with Gasteiger partial charge in [-0.05, 0) is 56.0 Å². The average Bonchev–Trinajstić information content (AvgIpc) is 2.87. The van der Waals surface area contributed by atoms with Crippen LogP contribution < -0.4 is 5.32 Å². The molecule has 94 valence electrons. The monoisotopic (exact) mass is 240 g/mol. The summed E-state index contributed by atoms with van der Waals surface area (Å²) in [7, 11) is 2.05. The summed E-state index contributed by atoms with van der Waals surface area (Å²) < 4.78 is 0. The summed E-state index contributed by atoms with van der Waals surface area (Å²) in [6.45, 7) is 1.13. The number of nitrogens with one attached hydrogen (secondary N) is 1. The van der Waals surface area contributed by atoms with Crippen molar-refractivity contribution in [2.45, 2.75) is 25.2 Å². The molecule has 2 unspecified atom stereocenters. The molecule has 0 radical (unpaired) electrons. The van der Waals surface area contributed by atoms with Gasteiger partial charge in [0.2, 0.25) is 0 Å². The molecule has 1 aliphatic rings. The molecule has 1 heterocycles. The highest BCUT2D eigenvalue weighted by atomic mass is 14.8. The zero-order valence-electron chi connectivity index (χ0n) is 10.9. The Labute approximate surface area is 108 Å². The highest BCUT2D eigenvalue weighted by Gasteiger charge is 2.27. The molecule has 1 aromatic heterocycles. The highest BCUT2D eigenvalue weighted by Crippen LogP contribution is 2.39. The Kier molecular flexibility index (Phi) is 3.28. The second kappa shape index (κ2) is 5.07. The van der Waals surface area contributed by atoms with Crippen molar-refractivity contribution in [3.05, 3.63) is 42.1 Å². The lowest BCUT2D eigenvalue weighted by atomic mass is 9.88. The molecule has 2 nitrogen and oxygen atoms in total. The first-order chi connectivity index (χ1) is 8.88. The second-order valence-electron chi connectivity index (χ2n) is 5.31. The molecular weight excluding hydrogens is 220 g/mol. The van der Waals surface area contributed by atoms with Gasteiger partial charge >= 0.3 is 0 Å². The van der Waals surface area contributed by atoms with Crippen LogP contribution in [0.25, 0.3) is 10.9 Å². The molecule has 1 aromatic carbocycles. The Morgan fingerprint density at radius 2 is 2.22 bits per heavy atom. The molecule has 1 aliphatic carbocycles. The van der Waals surface area contributed by atoms with Gasteiger partial charge in [-0.15, -0.1) is 0 Å². The summed E-state index contributed by atoms with van der Waals surface area (Å²) in [6.07, 6.45) is 5.92. The van der Waals surface area contributed by atoms with Gasteiger partial charge in [-0.3, -0.25) is 4.98 Å². The number of nitrogens with zero attached hydrogens (tertiary/aromatic N) is 1. The first-order valence-electron chi connectivity index (χ1n) is 6.88. The third kappa shape index (κ3) is 2.13. The Bertz CT molecular complexity index is 535. The SMILES string of the molecule is CNCC1CCCC1c1ccc2cccnc2c1. The van der Waals surface area contributed by atoms with E-state index in [-0.39, 0.29) is 0 Å². The maximum absolute atomic E-state index is 4.47. The summed E-state index contributed by atoms with van der Waals surface area (Å²) in [5.74, 6) is 1.50. The van der Waals surface area contributed by atoms with E-state index in [1.54, 1.807) is 0 Å². The third-order valence-electron chi connectivity index (χ3n) is 4.18. The van der Waals surface area contributed by atoms with E-state index in [9.17, 15) is 0 Å². The molecule has 0 amide bonds. The Morgan fingerprint density at radius 1 is 1.28 bits per heavy atom. The fourth-order valence-corrected chi connectivity index (χ4v) is 3.30. The number of benzene rings is 1. The molecule has 0 aliphatic heterocycles. The van der Waals surface area contributed by atoms with E-state index in [2.05, 4.69) is 41.6 Å². The van der Waals surface area contributed by atoms with Crippen molar-refractivity contribution in [1.82, 2.24) is 10.3 Å². The van der Waals surface area contributed by atoms with Crippen molar-refractivity contribution in [2.24, 2.45) is 5.92 Å². The maximum atomic E-state index is 4.47. The molecule has 1 fully saturated rings. The maximum Gasteiger partial charge on any atom is 0.0704 e. The topological polar surface area (TPSA) is 24.9 Å². The quantitative estimate of drug-likeness (QED) is 0.890. The van der Waals surface area contributed by atoms with E-state index < -0.39 is 0 Å². The Morgan fingerprint density at radius 3 is 3.11 bits per heavy atom. The van der Waals surface area contributed by atoms with Crippen molar-refractivity contribution < 1.29 is 0 Å². The van der Waals surface area contributed by atoms with Crippen molar-refractivity contribution >= 4 is 10.9 Å². The average molecular weight is 240 g/mol. The molecule has 2 aromatic rings. The zero-order chi connectivity index (χ0) is 12.4. The van der Waals surface area contributed by atoms with Crippen LogP contribution in [0.1, 0.15) is 30.7 Å². The molecule has 18 heavy (non-hydrogen) atoms. The molecular formula is C16H20N2. The van der Waals surface area contributed by atoms with Crippen LogP contribution >= 0.6 is 0 Å². The molecule has 2 heteroatoms. The lowest BCUT2D eigenvalue weighted by molar-refractivity contribution is 0.463. The van der Waals surface area contributed by atoms with E-state index in [4.69, 9.17) is 0 Å². The van der Waals surface area contributed by atoms with Crippen LogP contribution in [0.3, 0.4) is 0 Å². The molecule has 2 atom stereocenters. The summed E-state index contributed by atoms with van der Waals surface area (Å²) >= 11 is 0. The van der Waals surface area contributed by atoms with Crippen molar-refractivity contribution in [1.29, 1.82) is 0 Å². The number of rotatable bonds is 3. The van der Waals surface area contributed by atoms with Crippen LogP contribution in [0.2, 0.25) is 0 Å². The molecule has 0 saturated heterocycles. The predicted octanol–water partition coefficient (Wildman–Crippen LogP) is 3.34. The summed E-state index contributed by atoms with van der Waals surface area (Å²) in [5.41, 5.74) is 2.60. The van der Waals surface area contributed by atoms with Gasteiger partial charge in [-0.2, -0.15) is 0 Å². The first kappa shape index (κ1) is 11.7. The number of hydrogen-bond donors (Lipinski definition) is 1. The van der Waals surface area contributed by atoms with Gasteiger partial charge in [0, 0.05) is 11.6 Å². The van der Waals surface area contributed by atoms with Gasteiger partial charge in [0.05, 0.1) is 5.52 Å². The molecule has 3 rings (SSSR count). The van der Waals surface area contributed by atoms with Crippen molar-refractivity contribution in [2.75, 3.05) is 13.6 Å². The van der Waals surface area contributed by atoms with Crippen molar-refractivity contribution in [3.63, 3.8) is 0 Å². The molecule has 1 N–H and O–H groups in total. The minimum atomic E-state index is 0.712. The fraction of sp³-hybridized carbons (Fsp3) is 0.438. The van der Waals surface area contributed by atoms with Crippen LogP contribution in [0.15, 0.2) is 36.5 Å². The minimum absolute atomic E-state index is 0.712. The summed E-state index contributed by atoms with van der Waals surface area (Å²) in [5, 5.41) is 4.57. The van der Waals surface area contributed by atoms with Gasteiger partial charge in [0.15, 0.2) is 0 Å². The van der Waals surface area contributed by atoms with Gasteiger partial charge in [-0.1, -0.05) is 24.6 Å². The smallest absolute Gasteiger partial charge is 0.0704 e. The third-order valence-corrected chi connectivity index (χ3v) is 4.18. The van der Waals surface area contributed by atoms with Crippen LogP contribution in [-0.4, -0.2) is 18.6 Å². The number of aromatic nitrogens is 1. The fourth-order valence-electron chi connectivity index (χ4n) is 3.30. The van der Waals surface area contributed by atoms with Crippen LogP contribution in [0.5, 0.6) is 0 Å². The summed E-state index contributed by atoms with van der Waals surface area (Å²) in [6, 6.07) is 10.9. The largest absolute Gasteiger partial charge is 0.319 e. The Hall–Kier alpha value is -1.41. The lowest BCUT2D eigenvalue weighted by Gasteiger charge is -2.20. The normalized spacial score (nSPS) is 23.6. The van der Waals surface area contributed by atoms with E-state index >= 15 is 0 Å². The molecule has 1 saturated carbocycles. The van der Waals surface area contributed by atoms with Crippen molar-refractivity contribution in [3.8, 4) is 0 Å². The minimum Gasteiger partial charge on any atom is -0.319 e. The predicted molar refractivity (Wildman–Crippen MR) is 75.8 cm³/mol. The number of pyridine rings is 1. The number of hydrogen-bond acceptors (Lipinski definition) is 2. The molecule has 0 spiro atoms. The number of fused-ring (bicyclic) bond motifs is 1. The molecule has 0 bridgehead atoms. The van der Waals surface area contributed by atoms with E-state index in [1.165, 1.54) is 30.2 Å². The van der Waals surface area contributed by atoms with Gasteiger partial charge in [-0.25, -0.2) is 0 Å². The lowest BCUT2D eigenvalue weighted by Crippen LogP contribution is -2.20. The highest BCUT2D eigenvalue weighted by molar-refractivity contribution is 5.79. The van der Waals surface area contributed by atoms with E-state index in [0.717, 1.165) is 18.0 Å². The zero-order valence-corrected chi connectivity index (χ0v) is 10.9. The van der Waals surface area contributed by atoms with E-state index in [1.807, 2.05) is 12.3 Å². The standard InChI is InChI=1S/C16H20N2/c1-17-11-14-4-2-6-15(14)13-8-7-12-5-3-9-18-16(12)10-13/h3,5,7-10,14-15,17H,2,4,6,11H2,1H3. The van der Waals surface area contributed by atoms with Crippen LogP contribution in [-0.2, 0) is 0 Å². The van der Waals surface area contributed by atoms with Crippen LogP contribution in [0.4, 0.5) is 0 Å². The van der Waals surface area contributed by atoms with Gasteiger partial charge in [0.25, 0.3) is 0 Å². The summed E-state index contributed by atoms with van der Waals surface area (Å²) in [4.78, 5) is 4.47. The first-order valence-corrected chi connectivity index (χ1v) is 6.88.